The predicted molar refractivity (Wildman–Crippen MR) is 150 cm³/mol. The van der Waals surface area contributed by atoms with Gasteiger partial charge < -0.3 is 25.8 Å². The van der Waals surface area contributed by atoms with Crippen LogP contribution in [0.15, 0.2) is 11.6 Å². The van der Waals surface area contributed by atoms with Crippen molar-refractivity contribution in [1.82, 2.24) is 20.2 Å². The number of carbonyl (C=O) groups excluding carboxylic acids is 1. The van der Waals surface area contributed by atoms with Crippen LogP contribution in [0.1, 0.15) is 76.3 Å². The SMILES string of the molecule is C#C[C@H](Oc1nc(/C(O)=C2\CCC[C@@]3(CCCCC3=O)[C@@H]2N)cc(N2CCNC3(CC3)C2)n1)[C@@H]1CCCN1C. The first-order valence-electron chi connectivity index (χ1n) is 14.8. The number of ether oxygens (including phenoxy) is 1. The number of Topliss-reactive ketones (excluding diaryl/α,β-unsaturated/α-hetero) is 1. The Balaban J connectivity index is 1.36. The number of nitrogens with one attached hydrogen (secondary N) is 1. The van der Waals surface area contributed by atoms with Crippen LogP contribution in [-0.2, 0) is 4.79 Å². The summed E-state index contributed by atoms with van der Waals surface area (Å²) in [7, 11) is 2.06. The van der Waals surface area contributed by atoms with Crippen LogP contribution in [0.2, 0.25) is 0 Å². The molecule has 0 unspecified atom stereocenters. The lowest BCUT2D eigenvalue weighted by molar-refractivity contribution is -0.133. The number of likely N-dealkylation sites (N-methyl/N-ethyl adjacent to an activating group) is 1. The number of piperazine rings is 1. The van der Waals surface area contributed by atoms with Gasteiger partial charge in [-0.05, 0) is 77.0 Å². The fourth-order valence-corrected chi connectivity index (χ4v) is 7.42. The molecule has 2 spiro atoms. The number of aliphatic hydroxyl groups excluding tert-OH is 1. The van der Waals surface area contributed by atoms with E-state index in [9.17, 15) is 9.90 Å². The van der Waals surface area contributed by atoms with Gasteiger partial charge in [-0.2, -0.15) is 9.97 Å². The highest BCUT2D eigenvalue weighted by Gasteiger charge is 2.49. The minimum Gasteiger partial charge on any atom is -0.506 e. The number of likely N-dealkylation sites (tertiary alicyclic amines) is 1. The van der Waals surface area contributed by atoms with Crippen molar-refractivity contribution in [2.75, 3.05) is 38.1 Å². The van der Waals surface area contributed by atoms with E-state index in [2.05, 4.69) is 33.1 Å². The molecule has 2 aliphatic heterocycles. The first-order chi connectivity index (χ1) is 18.8. The van der Waals surface area contributed by atoms with Crippen LogP contribution in [0.25, 0.3) is 5.76 Å². The highest BCUT2D eigenvalue weighted by atomic mass is 16.5. The number of aliphatic hydroxyl groups is 1. The second-order valence-corrected chi connectivity index (χ2v) is 12.4. The summed E-state index contributed by atoms with van der Waals surface area (Å²) in [5, 5.41) is 15.3. The van der Waals surface area contributed by atoms with E-state index in [1.165, 1.54) is 0 Å². The van der Waals surface area contributed by atoms with E-state index in [1.54, 1.807) is 0 Å². The standard InChI is InChI=1S/C30H42N6O3/c1-3-23(22-9-7-16-35(22)2)39-28-33-21(18-25(34-28)36-17-15-32-29(19-36)13-14-29)26(38)20-8-6-12-30(27(20)31)11-5-4-10-24(30)37/h1,18,22-23,27,32,38H,4-17,19,31H2,2H3/b26-20-/t22-,23-,27+,30+/m0/s1. The normalized spacial score (nSPS) is 32.7. The average molecular weight is 535 g/mol. The fraction of sp³-hybridized carbons (Fsp3) is 0.700. The van der Waals surface area contributed by atoms with Crippen molar-refractivity contribution in [1.29, 1.82) is 0 Å². The Morgan fingerprint density at radius 3 is 2.74 bits per heavy atom. The van der Waals surface area contributed by atoms with E-state index in [-0.39, 0.29) is 29.1 Å². The van der Waals surface area contributed by atoms with Gasteiger partial charge in [-0.15, -0.1) is 6.42 Å². The lowest BCUT2D eigenvalue weighted by atomic mass is 9.60. The Morgan fingerprint density at radius 2 is 2.03 bits per heavy atom. The van der Waals surface area contributed by atoms with Gasteiger partial charge in [0.25, 0.3) is 0 Å². The third-order valence-corrected chi connectivity index (χ3v) is 9.99. The molecule has 0 bridgehead atoms. The molecule has 6 rings (SSSR count). The first-order valence-corrected chi connectivity index (χ1v) is 14.8. The molecule has 3 heterocycles. The number of anilines is 1. The van der Waals surface area contributed by atoms with Crippen molar-refractivity contribution in [2.45, 2.75) is 94.4 Å². The van der Waals surface area contributed by atoms with Crippen molar-refractivity contribution in [3.8, 4) is 18.4 Å². The minimum absolute atomic E-state index is 0.0555. The number of terminal acetylenes is 1. The third-order valence-electron chi connectivity index (χ3n) is 9.99. The maximum absolute atomic E-state index is 13.1. The van der Waals surface area contributed by atoms with Gasteiger partial charge in [-0.3, -0.25) is 9.69 Å². The Labute approximate surface area is 231 Å². The van der Waals surface area contributed by atoms with E-state index in [0.29, 0.717) is 18.5 Å². The average Bonchev–Trinajstić information content (AvgIpc) is 3.55. The summed E-state index contributed by atoms with van der Waals surface area (Å²) in [4.78, 5) is 27.1. The first kappa shape index (κ1) is 26.5. The van der Waals surface area contributed by atoms with Crippen LogP contribution in [0.3, 0.4) is 0 Å². The van der Waals surface area contributed by atoms with Gasteiger partial charge in [0.1, 0.15) is 23.1 Å². The number of hydrogen-bond donors (Lipinski definition) is 3. The third kappa shape index (κ3) is 4.92. The molecule has 9 nitrogen and oxygen atoms in total. The number of carbonyl (C=O) groups is 1. The monoisotopic (exact) mass is 534 g/mol. The number of nitrogens with zero attached hydrogens (tertiary/aromatic N) is 4. The summed E-state index contributed by atoms with van der Waals surface area (Å²) in [6.45, 7) is 3.50. The van der Waals surface area contributed by atoms with E-state index < -0.39 is 17.6 Å². The number of aromatic nitrogens is 2. The molecule has 0 aromatic carbocycles. The highest BCUT2D eigenvalue weighted by Crippen LogP contribution is 2.48. The zero-order valence-electron chi connectivity index (χ0n) is 23.1. The van der Waals surface area contributed by atoms with Crippen LogP contribution in [0.5, 0.6) is 6.01 Å². The number of rotatable bonds is 5. The van der Waals surface area contributed by atoms with Crippen LogP contribution in [0.4, 0.5) is 5.82 Å². The molecule has 5 aliphatic rings. The molecule has 210 valence electrons. The molecule has 9 heteroatoms. The summed E-state index contributed by atoms with van der Waals surface area (Å²) < 4.78 is 6.29. The largest absolute Gasteiger partial charge is 0.506 e. The van der Waals surface area contributed by atoms with Gasteiger partial charge in [0.2, 0.25) is 0 Å². The summed E-state index contributed by atoms with van der Waals surface area (Å²) in [6.07, 6.45) is 15.3. The van der Waals surface area contributed by atoms with Gasteiger partial charge in [-0.1, -0.05) is 12.3 Å². The van der Waals surface area contributed by atoms with Crippen LogP contribution in [-0.4, -0.2) is 82.7 Å². The fourth-order valence-electron chi connectivity index (χ4n) is 7.42. The second-order valence-electron chi connectivity index (χ2n) is 12.4. The lowest BCUT2D eigenvalue weighted by Gasteiger charge is -2.45. The predicted octanol–water partition coefficient (Wildman–Crippen LogP) is 2.80. The summed E-state index contributed by atoms with van der Waals surface area (Å²) in [5.41, 5.74) is 7.50. The van der Waals surface area contributed by atoms with Gasteiger partial charge in [-0.25, -0.2) is 0 Å². The highest BCUT2D eigenvalue weighted by molar-refractivity contribution is 5.87. The molecule has 4 N–H and O–H groups in total. The molecule has 1 aromatic heterocycles. The van der Waals surface area contributed by atoms with Crippen LogP contribution >= 0.6 is 0 Å². The van der Waals surface area contributed by atoms with Crippen molar-refractivity contribution < 1.29 is 14.6 Å². The molecular weight excluding hydrogens is 492 g/mol. The summed E-state index contributed by atoms with van der Waals surface area (Å²) in [5.74, 6) is 3.83. The maximum Gasteiger partial charge on any atom is 0.320 e. The molecule has 3 saturated carbocycles. The molecule has 5 fully saturated rings. The van der Waals surface area contributed by atoms with Crippen LogP contribution < -0.4 is 20.7 Å². The molecule has 39 heavy (non-hydrogen) atoms. The van der Waals surface area contributed by atoms with Gasteiger partial charge in [0.15, 0.2) is 6.10 Å². The second kappa shape index (κ2) is 10.4. The molecular formula is C30H42N6O3. The topological polar surface area (TPSA) is 117 Å². The molecule has 1 aromatic rings. The van der Waals surface area contributed by atoms with Gasteiger partial charge in [0, 0.05) is 49.1 Å². The zero-order valence-corrected chi connectivity index (χ0v) is 23.1. The molecule has 2 saturated heterocycles. The van der Waals surface area contributed by atoms with E-state index in [4.69, 9.17) is 21.9 Å². The van der Waals surface area contributed by atoms with Crippen molar-refractivity contribution in [3.63, 3.8) is 0 Å². The lowest BCUT2D eigenvalue weighted by Crippen LogP contribution is -2.53. The molecule has 0 amide bonds. The number of nitrogens with two attached hydrogens (primary N) is 1. The Morgan fingerprint density at radius 1 is 1.21 bits per heavy atom. The van der Waals surface area contributed by atoms with E-state index in [0.717, 1.165) is 95.4 Å². The molecule has 4 atom stereocenters. The van der Waals surface area contributed by atoms with Crippen molar-refractivity contribution >= 4 is 17.4 Å². The van der Waals surface area contributed by atoms with Gasteiger partial charge in [0.05, 0.1) is 6.04 Å². The number of hydrogen-bond acceptors (Lipinski definition) is 9. The Hall–Kier alpha value is -2.67. The Bertz CT molecular complexity index is 1190. The smallest absolute Gasteiger partial charge is 0.320 e. The van der Waals surface area contributed by atoms with E-state index in [1.807, 2.05) is 6.07 Å². The summed E-state index contributed by atoms with van der Waals surface area (Å²) >= 11 is 0. The van der Waals surface area contributed by atoms with Crippen molar-refractivity contribution in [3.05, 3.63) is 17.3 Å². The van der Waals surface area contributed by atoms with E-state index >= 15 is 0 Å². The molecule has 0 radical (unpaired) electrons. The quantitative estimate of drug-likeness (QED) is 0.387. The van der Waals surface area contributed by atoms with Crippen molar-refractivity contribution in [2.24, 2.45) is 11.1 Å². The Kier molecular flexibility index (Phi) is 7.07. The summed E-state index contributed by atoms with van der Waals surface area (Å²) in [6, 6.07) is 1.60. The minimum atomic E-state index is -0.576. The van der Waals surface area contributed by atoms with Crippen LogP contribution in [0, 0.1) is 17.8 Å². The molecule has 3 aliphatic carbocycles. The number of ketones is 1. The maximum atomic E-state index is 13.1. The van der Waals surface area contributed by atoms with Gasteiger partial charge >= 0.3 is 6.01 Å². The zero-order chi connectivity index (χ0) is 27.2.